The minimum atomic E-state index is -0.403. The van der Waals surface area contributed by atoms with Crippen LogP contribution in [0.25, 0.3) is 0 Å². The Labute approximate surface area is 163 Å². The van der Waals surface area contributed by atoms with E-state index in [2.05, 4.69) is 20.6 Å². The predicted octanol–water partition coefficient (Wildman–Crippen LogP) is 2.87. The molecule has 2 aromatic rings. The molecule has 0 unspecified atom stereocenters. The van der Waals surface area contributed by atoms with Crippen molar-refractivity contribution in [3.05, 3.63) is 64.2 Å². The van der Waals surface area contributed by atoms with Gasteiger partial charge in [0.1, 0.15) is 19.5 Å². The maximum atomic E-state index is 13.7. The lowest BCUT2D eigenvalue weighted by Gasteiger charge is -2.13. The van der Waals surface area contributed by atoms with Crippen LogP contribution < -0.4 is 5.32 Å². The highest BCUT2D eigenvalue weighted by Crippen LogP contribution is 2.18. The second kappa shape index (κ2) is 9.59. The van der Waals surface area contributed by atoms with Gasteiger partial charge in [-0.2, -0.15) is 0 Å². The first-order valence-corrected chi connectivity index (χ1v) is 8.60. The number of oxime groups is 2. The molecule has 1 aromatic carbocycles. The quantitative estimate of drug-likeness (QED) is 0.586. The first kappa shape index (κ1) is 21.0. The van der Waals surface area contributed by atoms with E-state index < -0.39 is 5.82 Å². The van der Waals surface area contributed by atoms with Crippen molar-refractivity contribution < 1.29 is 18.9 Å². The standard InChI is InChI=1S/C20H23FN4O3/c1-12-7-6-8-16(19(25-27-5)20(26)22-4)17(12)11-28-24-13(2)15-9-18(21)14(3)23-10-15/h6-10H,11H2,1-5H3,(H,22,26)/b24-13+,25-19+. The van der Waals surface area contributed by atoms with Gasteiger partial charge in [0.25, 0.3) is 5.91 Å². The first-order valence-electron chi connectivity index (χ1n) is 8.60. The summed E-state index contributed by atoms with van der Waals surface area (Å²) in [5, 5.41) is 10.4. The number of amides is 1. The van der Waals surface area contributed by atoms with Gasteiger partial charge in [0.2, 0.25) is 0 Å². The lowest BCUT2D eigenvalue weighted by molar-refractivity contribution is -0.114. The summed E-state index contributed by atoms with van der Waals surface area (Å²) in [6.07, 6.45) is 1.54. The molecule has 0 atom stereocenters. The number of aromatic nitrogens is 1. The summed E-state index contributed by atoms with van der Waals surface area (Å²) in [7, 11) is 2.89. The summed E-state index contributed by atoms with van der Waals surface area (Å²) < 4.78 is 13.7. The third-order valence-electron chi connectivity index (χ3n) is 4.14. The van der Waals surface area contributed by atoms with E-state index >= 15 is 0 Å². The van der Waals surface area contributed by atoms with Crippen LogP contribution in [0, 0.1) is 19.7 Å². The number of hydrogen-bond donors (Lipinski definition) is 1. The molecule has 28 heavy (non-hydrogen) atoms. The number of carbonyl (C=O) groups is 1. The molecule has 1 heterocycles. The molecular weight excluding hydrogens is 363 g/mol. The highest BCUT2D eigenvalue weighted by atomic mass is 19.1. The molecule has 0 saturated heterocycles. The van der Waals surface area contributed by atoms with Gasteiger partial charge in [0, 0.05) is 29.9 Å². The Balaban J connectivity index is 2.27. The highest BCUT2D eigenvalue weighted by Gasteiger charge is 2.19. The van der Waals surface area contributed by atoms with Crippen LogP contribution in [0.5, 0.6) is 0 Å². The van der Waals surface area contributed by atoms with Crippen LogP contribution >= 0.6 is 0 Å². The topological polar surface area (TPSA) is 85.2 Å². The van der Waals surface area contributed by atoms with E-state index in [-0.39, 0.29) is 18.2 Å². The number of rotatable bonds is 7. The van der Waals surface area contributed by atoms with Gasteiger partial charge in [-0.25, -0.2) is 4.39 Å². The van der Waals surface area contributed by atoms with Gasteiger partial charge < -0.3 is 15.0 Å². The fraction of sp³-hybridized carbons (Fsp3) is 0.300. The number of pyridine rings is 1. The van der Waals surface area contributed by atoms with Crippen molar-refractivity contribution in [2.24, 2.45) is 10.3 Å². The van der Waals surface area contributed by atoms with Crippen molar-refractivity contribution in [1.29, 1.82) is 0 Å². The van der Waals surface area contributed by atoms with E-state index in [1.54, 1.807) is 19.9 Å². The Hall–Kier alpha value is -3.29. The molecular formula is C20H23FN4O3. The Morgan fingerprint density at radius 1 is 1.29 bits per heavy atom. The molecule has 2 rings (SSSR count). The monoisotopic (exact) mass is 386 g/mol. The number of halogens is 1. The zero-order valence-electron chi connectivity index (χ0n) is 16.5. The number of benzene rings is 1. The molecule has 148 valence electrons. The summed E-state index contributed by atoms with van der Waals surface area (Å²) in [4.78, 5) is 26.4. The molecule has 1 aromatic heterocycles. The van der Waals surface area contributed by atoms with E-state index in [0.717, 1.165) is 11.1 Å². The summed E-state index contributed by atoms with van der Waals surface area (Å²) in [5.74, 6) is -0.783. The average molecular weight is 386 g/mol. The molecule has 8 heteroatoms. The van der Waals surface area contributed by atoms with Crippen LogP contribution in [-0.4, -0.2) is 36.5 Å². The Morgan fingerprint density at radius 3 is 2.68 bits per heavy atom. The van der Waals surface area contributed by atoms with E-state index in [1.165, 1.54) is 26.4 Å². The third-order valence-corrected chi connectivity index (χ3v) is 4.14. The van der Waals surface area contributed by atoms with Gasteiger partial charge in [0.15, 0.2) is 5.71 Å². The highest BCUT2D eigenvalue weighted by molar-refractivity contribution is 6.45. The largest absolute Gasteiger partial charge is 0.398 e. The van der Waals surface area contributed by atoms with Gasteiger partial charge in [-0.3, -0.25) is 9.78 Å². The van der Waals surface area contributed by atoms with Gasteiger partial charge in [-0.1, -0.05) is 28.5 Å². The van der Waals surface area contributed by atoms with Crippen molar-refractivity contribution in [3.8, 4) is 0 Å². The number of aryl methyl sites for hydroxylation is 2. The second-order valence-corrected chi connectivity index (χ2v) is 6.04. The first-order chi connectivity index (χ1) is 13.4. The predicted molar refractivity (Wildman–Crippen MR) is 105 cm³/mol. The van der Waals surface area contributed by atoms with Crippen LogP contribution in [0.4, 0.5) is 4.39 Å². The van der Waals surface area contributed by atoms with Crippen molar-refractivity contribution in [3.63, 3.8) is 0 Å². The Kier molecular flexibility index (Phi) is 7.20. The molecule has 7 nitrogen and oxygen atoms in total. The molecule has 0 fully saturated rings. The van der Waals surface area contributed by atoms with Gasteiger partial charge >= 0.3 is 0 Å². The van der Waals surface area contributed by atoms with Crippen LogP contribution in [0.3, 0.4) is 0 Å². The van der Waals surface area contributed by atoms with Crippen LogP contribution in [0.2, 0.25) is 0 Å². The van der Waals surface area contributed by atoms with Crippen LogP contribution in [-0.2, 0) is 21.1 Å². The van der Waals surface area contributed by atoms with Gasteiger partial charge in [0.05, 0.1) is 11.4 Å². The SMILES string of the molecule is CNC(=O)/C(=N/OC)c1cccc(C)c1CO/N=C(\C)c1cnc(C)c(F)c1. The van der Waals surface area contributed by atoms with Gasteiger partial charge in [-0.15, -0.1) is 0 Å². The fourth-order valence-corrected chi connectivity index (χ4v) is 2.49. The molecule has 1 amide bonds. The van der Waals surface area contributed by atoms with Crippen molar-refractivity contribution in [2.45, 2.75) is 27.4 Å². The number of hydrogen-bond acceptors (Lipinski definition) is 6. The summed E-state index contributed by atoms with van der Waals surface area (Å²) >= 11 is 0. The van der Waals surface area contributed by atoms with Crippen molar-refractivity contribution in [2.75, 3.05) is 14.2 Å². The zero-order chi connectivity index (χ0) is 20.7. The summed E-state index contributed by atoms with van der Waals surface area (Å²) in [6, 6.07) is 6.83. The van der Waals surface area contributed by atoms with E-state index in [9.17, 15) is 9.18 Å². The molecule has 0 radical (unpaired) electrons. The molecule has 0 aliphatic heterocycles. The minimum Gasteiger partial charge on any atom is -0.398 e. The zero-order valence-corrected chi connectivity index (χ0v) is 16.5. The molecule has 0 aliphatic carbocycles. The lowest BCUT2D eigenvalue weighted by atomic mass is 9.98. The smallest absolute Gasteiger partial charge is 0.273 e. The number of likely N-dealkylation sites (N-methyl/N-ethyl adjacent to an activating group) is 1. The van der Waals surface area contributed by atoms with Crippen molar-refractivity contribution in [1.82, 2.24) is 10.3 Å². The lowest BCUT2D eigenvalue weighted by Crippen LogP contribution is -2.29. The Morgan fingerprint density at radius 2 is 2.04 bits per heavy atom. The number of carbonyl (C=O) groups excluding carboxylic acids is 1. The maximum Gasteiger partial charge on any atom is 0.273 e. The number of nitrogens with zero attached hydrogens (tertiary/aromatic N) is 3. The molecule has 1 N–H and O–H groups in total. The summed E-state index contributed by atoms with van der Waals surface area (Å²) in [5.41, 5.74) is 3.70. The average Bonchev–Trinajstić information content (AvgIpc) is 2.68. The molecule has 0 bridgehead atoms. The van der Waals surface area contributed by atoms with Gasteiger partial charge in [-0.05, 0) is 32.4 Å². The molecule has 0 spiro atoms. The van der Waals surface area contributed by atoms with E-state index in [1.807, 2.05) is 19.1 Å². The van der Waals surface area contributed by atoms with E-state index in [0.29, 0.717) is 22.5 Å². The Bertz CT molecular complexity index is 926. The normalized spacial score (nSPS) is 11.9. The molecule has 0 aliphatic rings. The van der Waals surface area contributed by atoms with Crippen LogP contribution in [0.1, 0.15) is 34.9 Å². The van der Waals surface area contributed by atoms with Crippen molar-refractivity contribution >= 4 is 17.3 Å². The summed E-state index contributed by atoms with van der Waals surface area (Å²) in [6.45, 7) is 5.29. The molecule has 0 saturated carbocycles. The fourth-order valence-electron chi connectivity index (χ4n) is 2.49. The van der Waals surface area contributed by atoms with Crippen LogP contribution in [0.15, 0.2) is 40.8 Å². The maximum absolute atomic E-state index is 13.7. The third kappa shape index (κ3) is 4.91. The minimum absolute atomic E-state index is 0.0981. The van der Waals surface area contributed by atoms with E-state index in [4.69, 9.17) is 9.68 Å². The number of nitrogens with one attached hydrogen (secondary N) is 1. The second-order valence-electron chi connectivity index (χ2n) is 6.04.